The van der Waals surface area contributed by atoms with Gasteiger partial charge in [0.1, 0.15) is 12.1 Å². The van der Waals surface area contributed by atoms with Crippen LogP contribution in [0.15, 0.2) is 142 Å². The molecule has 0 aliphatic heterocycles. The maximum atomic E-state index is 13.3. The van der Waals surface area contributed by atoms with Gasteiger partial charge in [-0.1, -0.05) is 99.8 Å². The van der Waals surface area contributed by atoms with Crippen molar-refractivity contribution in [1.29, 1.82) is 31.6 Å². The average molecular weight is 997 g/mol. The maximum absolute atomic E-state index is 13.3. The first kappa shape index (κ1) is 52.8. The summed E-state index contributed by atoms with van der Waals surface area (Å²) in [6, 6.07) is 44.2. The van der Waals surface area contributed by atoms with Crippen molar-refractivity contribution in [2.75, 3.05) is 0 Å². The van der Waals surface area contributed by atoms with E-state index in [1.807, 2.05) is 24.3 Å². The number of nitrogens with zero attached hydrogens (tertiary/aromatic N) is 12. The molecular formula is C64H28N12O2. The van der Waals surface area contributed by atoms with Gasteiger partial charge in [-0.3, -0.25) is 9.59 Å². The maximum Gasteiger partial charge on any atom is 0.270 e. The second-order valence-electron chi connectivity index (χ2n) is 16.5. The van der Waals surface area contributed by atoms with Crippen LogP contribution in [0.5, 0.6) is 0 Å². The summed E-state index contributed by atoms with van der Waals surface area (Å²) in [5.74, 6) is 0. The van der Waals surface area contributed by atoms with E-state index in [4.69, 9.17) is 44.7 Å². The Morgan fingerprint density at radius 2 is 0.846 bits per heavy atom. The first-order valence-electron chi connectivity index (χ1n) is 22.0. The monoisotopic (exact) mass is 996 g/mol. The van der Waals surface area contributed by atoms with E-state index >= 15 is 0 Å². The van der Waals surface area contributed by atoms with Crippen LogP contribution in [0.25, 0.3) is 106 Å². The molecule has 14 heteroatoms. The highest BCUT2D eigenvalue weighted by molar-refractivity contribution is 6.29. The SMILES string of the molecule is C.C.[C-]#[N+]C1=C(c2ccc([N+]#[C-])cc2)/C(=C(/C#N)[N+]#[C-])c2cc3c(cc21)/C(=C(/C#N)[N+]#[C-])C(c1ccc(C#N)cc1)=C3C#N.[C-]#[N+]c1ccc(-c2c([N+]#[C-])c3cc4c(=O)c(-c5ccc(C#N)cc5)c(C#N)c4cc3c2=O)cc1. The summed E-state index contributed by atoms with van der Waals surface area (Å²) in [6.07, 6.45) is 0. The van der Waals surface area contributed by atoms with Crippen LogP contribution in [-0.4, -0.2) is 0 Å². The van der Waals surface area contributed by atoms with Gasteiger partial charge in [0.25, 0.3) is 11.4 Å². The molecule has 0 saturated heterocycles. The Labute approximate surface area is 447 Å². The molecule has 10 rings (SSSR count). The molecule has 2 aliphatic rings. The van der Waals surface area contributed by atoms with Crippen LogP contribution < -0.4 is 10.9 Å². The van der Waals surface area contributed by atoms with E-state index in [0.29, 0.717) is 88.9 Å². The molecule has 0 N–H and O–H groups in total. The number of hydrogen-bond donors (Lipinski definition) is 0. The Morgan fingerprint density at radius 1 is 0.410 bits per heavy atom. The lowest BCUT2D eigenvalue weighted by atomic mass is 9.92. The topological polar surface area (TPSA) is 203 Å². The van der Waals surface area contributed by atoms with Gasteiger partial charge in [-0.2, -0.15) is 21.0 Å². The lowest BCUT2D eigenvalue weighted by molar-refractivity contribution is 1.47. The van der Waals surface area contributed by atoms with Crippen LogP contribution in [0.3, 0.4) is 0 Å². The van der Waals surface area contributed by atoms with Crippen LogP contribution in [0.1, 0.15) is 64.9 Å². The number of fused-ring (bicyclic) bond motifs is 4. The van der Waals surface area contributed by atoms with E-state index in [-0.39, 0.29) is 92.7 Å². The van der Waals surface area contributed by atoms with Crippen molar-refractivity contribution in [3.63, 3.8) is 0 Å². The predicted octanol–water partition coefficient (Wildman–Crippen LogP) is 14.7. The average Bonchev–Trinajstić information content (AvgIpc) is 4.36. The van der Waals surface area contributed by atoms with Gasteiger partial charge in [0.15, 0.2) is 22.2 Å². The van der Waals surface area contributed by atoms with Crippen molar-refractivity contribution in [2.45, 2.75) is 14.9 Å². The Balaban J connectivity index is 0.000000225. The van der Waals surface area contributed by atoms with E-state index in [0.717, 1.165) is 0 Å². The van der Waals surface area contributed by atoms with Crippen molar-refractivity contribution in [2.24, 2.45) is 0 Å². The standard InChI is InChI=1S/C34H10N8.C28H10N4O2.2CH4/c1-39-22-11-9-21(10-12-22)31-33(29(18-38)41-3)25-13-23-24(14-26(25)34(31)42-4)32(28(17-37)40-2)30(27(23)16-36)20-7-5-19(15-35)6-8-20;1-31-18-9-7-17(8-10-18)25-26(32-2)20-12-21-19(11-22(20)28(25)34)23(14-30)24(27(21)33)16-5-3-15(13-29)4-6-16;;/h5-14H;3-12H;2*1H4/b32-28+,33-29-;;;. The molecule has 356 valence electrons. The van der Waals surface area contributed by atoms with Crippen molar-refractivity contribution in [3.8, 4) is 58.7 Å². The molecule has 0 bridgehead atoms. The van der Waals surface area contributed by atoms with Crippen LogP contribution in [0.2, 0.25) is 0 Å². The second kappa shape index (κ2) is 21.4. The van der Waals surface area contributed by atoms with Gasteiger partial charge >= 0.3 is 0 Å². The quantitative estimate of drug-likeness (QED) is 0.122. The molecule has 0 saturated carbocycles. The minimum absolute atomic E-state index is 0. The largest absolute Gasteiger partial charge is 0.290 e. The lowest BCUT2D eigenvalue weighted by Gasteiger charge is -2.12. The Morgan fingerprint density at radius 3 is 1.32 bits per heavy atom. The summed E-state index contributed by atoms with van der Waals surface area (Å²) in [5.41, 5.74) is 6.18. The van der Waals surface area contributed by atoms with Gasteiger partial charge < -0.3 is 0 Å². The number of benzene rings is 6. The van der Waals surface area contributed by atoms with E-state index in [1.54, 1.807) is 109 Å². The van der Waals surface area contributed by atoms with Gasteiger partial charge in [-0.05, 0) is 103 Å². The fourth-order valence-electron chi connectivity index (χ4n) is 9.51. The third-order valence-corrected chi connectivity index (χ3v) is 12.9. The summed E-state index contributed by atoms with van der Waals surface area (Å²) in [7, 11) is 0. The van der Waals surface area contributed by atoms with E-state index in [1.165, 1.54) is 12.1 Å². The highest BCUT2D eigenvalue weighted by Gasteiger charge is 2.37. The molecule has 14 nitrogen and oxygen atoms in total. The van der Waals surface area contributed by atoms with Crippen LogP contribution in [0.4, 0.5) is 17.1 Å². The lowest BCUT2D eigenvalue weighted by Crippen LogP contribution is -1.99. The fraction of sp³-hybridized carbons (Fsp3) is 0.0312. The molecule has 8 aromatic carbocycles. The first-order chi connectivity index (χ1) is 37.0. The predicted molar refractivity (Wildman–Crippen MR) is 297 cm³/mol. The van der Waals surface area contributed by atoms with Crippen LogP contribution in [0, 0.1) is 107 Å². The molecule has 0 aromatic heterocycles. The third-order valence-electron chi connectivity index (χ3n) is 12.9. The van der Waals surface area contributed by atoms with Crippen LogP contribution in [-0.2, 0) is 0 Å². The molecule has 0 amide bonds. The van der Waals surface area contributed by atoms with Crippen LogP contribution >= 0.6 is 0 Å². The molecule has 8 aromatic rings. The van der Waals surface area contributed by atoms with E-state index < -0.39 is 0 Å². The van der Waals surface area contributed by atoms with Gasteiger partial charge in [0.05, 0.1) is 86.0 Å². The molecule has 0 radical (unpaired) electrons. The van der Waals surface area contributed by atoms with Crippen molar-refractivity contribution in [3.05, 3.63) is 272 Å². The Kier molecular flexibility index (Phi) is 14.5. The molecule has 78 heavy (non-hydrogen) atoms. The van der Waals surface area contributed by atoms with Gasteiger partial charge in [0, 0.05) is 32.9 Å². The molecular weight excluding hydrogens is 969 g/mol. The van der Waals surface area contributed by atoms with Gasteiger partial charge in [-0.15, -0.1) is 0 Å². The summed E-state index contributed by atoms with van der Waals surface area (Å²) in [6.45, 7) is 45.5. The second-order valence-corrected chi connectivity index (χ2v) is 16.5. The molecule has 0 spiro atoms. The number of hydrogen-bond acceptors (Lipinski definition) is 8. The zero-order chi connectivity index (χ0) is 53.9. The van der Waals surface area contributed by atoms with E-state index in [2.05, 4.69) is 41.2 Å². The zero-order valence-corrected chi connectivity index (χ0v) is 38.7. The smallest absolute Gasteiger partial charge is 0.270 e. The minimum atomic E-state index is -0.370. The van der Waals surface area contributed by atoms with Gasteiger partial charge in [0.2, 0.25) is 11.4 Å². The third kappa shape index (κ3) is 8.28. The summed E-state index contributed by atoms with van der Waals surface area (Å²) in [5, 5.41) is 59.5. The number of nitriles is 6. The summed E-state index contributed by atoms with van der Waals surface area (Å²) in [4.78, 5) is 47.7. The normalized spacial score (nSPS) is 12.6. The summed E-state index contributed by atoms with van der Waals surface area (Å²) >= 11 is 0. The van der Waals surface area contributed by atoms with Gasteiger partial charge in [-0.25, -0.2) is 39.6 Å². The Hall–Kier alpha value is -13.0. The van der Waals surface area contributed by atoms with Crippen molar-refractivity contribution in [1.82, 2.24) is 0 Å². The molecule has 2 aliphatic carbocycles. The molecule has 0 atom stereocenters. The summed E-state index contributed by atoms with van der Waals surface area (Å²) < 4.78 is 0. The molecule has 0 heterocycles. The highest BCUT2D eigenvalue weighted by Crippen LogP contribution is 2.55. The zero-order valence-electron chi connectivity index (χ0n) is 38.7. The fourth-order valence-corrected chi connectivity index (χ4v) is 9.51. The molecule has 0 unspecified atom stereocenters. The highest BCUT2D eigenvalue weighted by atomic mass is 16.1. The number of rotatable bonds is 4. The van der Waals surface area contributed by atoms with E-state index in [9.17, 15) is 35.9 Å². The first-order valence-corrected chi connectivity index (χ1v) is 22.0. The number of allylic oxidation sites excluding steroid dienone is 7. The molecule has 0 fully saturated rings. The van der Waals surface area contributed by atoms with Crippen molar-refractivity contribution < 1.29 is 0 Å². The Bertz CT molecular complexity index is 4420. The van der Waals surface area contributed by atoms with Crippen molar-refractivity contribution >= 4 is 72.2 Å². The minimum Gasteiger partial charge on any atom is -0.290 e.